The molecule has 1 amide bonds. The summed E-state index contributed by atoms with van der Waals surface area (Å²) in [6.07, 6.45) is 7.23. The summed E-state index contributed by atoms with van der Waals surface area (Å²) in [5, 5.41) is 14.8. The van der Waals surface area contributed by atoms with Crippen molar-refractivity contribution >= 4 is 23.4 Å². The molecule has 1 aliphatic carbocycles. The molecule has 1 saturated carbocycles. The standard InChI is InChI=1S/C26H29N9O2/c27-23-21(10-5-11-22(23)37-16-17-6-2-1-3-7-17)33-26-29-15-20(24(28)36)25(34-26)32-18-8-4-9-19(14-18)35-30-12-13-31-35/h1-4,6-9,12-15,21-23H,5,10-11,16,27H2,(H2,28,36)(H2,29,32,33,34). The molecule has 2 heterocycles. The molecule has 0 spiro atoms. The molecule has 0 aliphatic heterocycles. The third kappa shape index (κ3) is 5.90. The quantitative estimate of drug-likeness (QED) is 0.272. The molecule has 2 aromatic carbocycles. The molecule has 0 saturated heterocycles. The van der Waals surface area contributed by atoms with Gasteiger partial charge in [-0.25, -0.2) is 4.98 Å². The largest absolute Gasteiger partial charge is 0.372 e. The van der Waals surface area contributed by atoms with Gasteiger partial charge in [0.1, 0.15) is 11.4 Å². The number of nitrogens with two attached hydrogens (primary N) is 2. The van der Waals surface area contributed by atoms with Crippen molar-refractivity contribution in [1.29, 1.82) is 0 Å². The molecule has 11 nitrogen and oxygen atoms in total. The fourth-order valence-electron chi connectivity index (χ4n) is 4.41. The van der Waals surface area contributed by atoms with E-state index in [1.165, 1.54) is 11.0 Å². The van der Waals surface area contributed by atoms with E-state index in [1.807, 2.05) is 54.6 Å². The van der Waals surface area contributed by atoms with Crippen LogP contribution in [0.2, 0.25) is 0 Å². The highest BCUT2D eigenvalue weighted by Gasteiger charge is 2.32. The number of benzene rings is 2. The first kappa shape index (κ1) is 24.3. The highest BCUT2D eigenvalue weighted by molar-refractivity contribution is 5.98. The minimum Gasteiger partial charge on any atom is -0.372 e. The lowest BCUT2D eigenvalue weighted by atomic mass is 9.88. The Morgan fingerprint density at radius 2 is 1.89 bits per heavy atom. The van der Waals surface area contributed by atoms with Crippen molar-refractivity contribution in [3.63, 3.8) is 0 Å². The van der Waals surface area contributed by atoms with Crippen LogP contribution in [0.25, 0.3) is 5.69 Å². The predicted molar refractivity (Wildman–Crippen MR) is 139 cm³/mol. The Kier molecular flexibility index (Phi) is 7.33. The molecule has 2 aromatic heterocycles. The Balaban J connectivity index is 1.30. The zero-order valence-corrected chi connectivity index (χ0v) is 20.2. The molecule has 37 heavy (non-hydrogen) atoms. The molecule has 0 radical (unpaired) electrons. The lowest BCUT2D eigenvalue weighted by Crippen LogP contribution is -2.52. The Morgan fingerprint density at radius 1 is 1.08 bits per heavy atom. The number of hydrogen-bond acceptors (Lipinski definition) is 9. The summed E-state index contributed by atoms with van der Waals surface area (Å²) in [4.78, 5) is 22.5. The van der Waals surface area contributed by atoms with Crippen molar-refractivity contribution in [3.05, 3.63) is 84.3 Å². The smallest absolute Gasteiger partial charge is 0.254 e. The van der Waals surface area contributed by atoms with Gasteiger partial charge in [-0.2, -0.15) is 20.0 Å². The topological polar surface area (TPSA) is 159 Å². The summed E-state index contributed by atoms with van der Waals surface area (Å²) >= 11 is 0. The number of amides is 1. The van der Waals surface area contributed by atoms with E-state index in [0.29, 0.717) is 18.2 Å². The highest BCUT2D eigenvalue weighted by Crippen LogP contribution is 2.26. The minimum absolute atomic E-state index is 0.0870. The van der Waals surface area contributed by atoms with E-state index in [9.17, 15) is 4.79 Å². The maximum Gasteiger partial charge on any atom is 0.254 e. The van der Waals surface area contributed by atoms with Crippen LogP contribution < -0.4 is 22.1 Å². The van der Waals surface area contributed by atoms with Gasteiger partial charge >= 0.3 is 0 Å². The second-order valence-corrected chi connectivity index (χ2v) is 8.91. The Labute approximate surface area is 214 Å². The van der Waals surface area contributed by atoms with Crippen LogP contribution in [-0.2, 0) is 11.3 Å². The van der Waals surface area contributed by atoms with Crippen molar-refractivity contribution in [2.24, 2.45) is 11.5 Å². The van der Waals surface area contributed by atoms with Gasteiger partial charge in [-0.3, -0.25) is 4.79 Å². The SMILES string of the molecule is NC(=O)c1cnc(NC2CCCC(OCc3ccccc3)C2N)nc1Nc1cccc(-n2nccn2)c1. The van der Waals surface area contributed by atoms with Crippen molar-refractivity contribution in [2.45, 2.75) is 44.1 Å². The molecular formula is C26H29N9O2. The van der Waals surface area contributed by atoms with E-state index >= 15 is 0 Å². The number of carbonyl (C=O) groups excluding carboxylic acids is 1. The molecule has 3 unspecified atom stereocenters. The first-order valence-corrected chi connectivity index (χ1v) is 12.1. The van der Waals surface area contributed by atoms with Crippen LogP contribution in [0.3, 0.4) is 0 Å². The molecule has 11 heteroatoms. The predicted octanol–water partition coefficient (Wildman–Crippen LogP) is 2.78. The fraction of sp³-hybridized carbons (Fsp3) is 0.269. The van der Waals surface area contributed by atoms with E-state index in [-0.39, 0.29) is 29.6 Å². The lowest BCUT2D eigenvalue weighted by Gasteiger charge is -2.36. The number of nitrogens with zero attached hydrogens (tertiary/aromatic N) is 5. The van der Waals surface area contributed by atoms with E-state index in [2.05, 4.69) is 30.8 Å². The van der Waals surface area contributed by atoms with Gasteiger partial charge in [0, 0.05) is 17.9 Å². The van der Waals surface area contributed by atoms with Crippen molar-refractivity contribution < 1.29 is 9.53 Å². The second-order valence-electron chi connectivity index (χ2n) is 8.91. The number of hydrogen-bond donors (Lipinski definition) is 4. The van der Waals surface area contributed by atoms with Gasteiger partial charge in [-0.15, -0.1) is 0 Å². The molecule has 5 rings (SSSR count). The maximum atomic E-state index is 12.1. The Morgan fingerprint density at radius 3 is 2.68 bits per heavy atom. The van der Waals surface area contributed by atoms with E-state index in [1.54, 1.807) is 12.4 Å². The normalized spacial score (nSPS) is 19.3. The zero-order valence-electron chi connectivity index (χ0n) is 20.2. The monoisotopic (exact) mass is 499 g/mol. The minimum atomic E-state index is -0.636. The van der Waals surface area contributed by atoms with Crippen molar-refractivity contribution in [1.82, 2.24) is 25.0 Å². The molecule has 190 valence electrons. The summed E-state index contributed by atoms with van der Waals surface area (Å²) in [6.45, 7) is 0.511. The van der Waals surface area contributed by atoms with Crippen LogP contribution in [0.5, 0.6) is 0 Å². The third-order valence-electron chi connectivity index (χ3n) is 6.33. The fourth-order valence-corrected chi connectivity index (χ4v) is 4.41. The lowest BCUT2D eigenvalue weighted by molar-refractivity contribution is 0.000676. The molecule has 6 N–H and O–H groups in total. The Hall–Kier alpha value is -4.35. The molecule has 1 fully saturated rings. The van der Waals surface area contributed by atoms with E-state index in [4.69, 9.17) is 16.2 Å². The average molecular weight is 500 g/mol. The Bertz CT molecular complexity index is 1330. The molecule has 1 aliphatic rings. The van der Waals surface area contributed by atoms with E-state index in [0.717, 1.165) is 30.5 Å². The van der Waals surface area contributed by atoms with Crippen LogP contribution in [0.4, 0.5) is 17.5 Å². The van der Waals surface area contributed by atoms with Crippen LogP contribution in [0.15, 0.2) is 73.2 Å². The molecule has 0 bridgehead atoms. The number of nitrogens with one attached hydrogen (secondary N) is 2. The number of primary amides is 1. The molecular weight excluding hydrogens is 470 g/mol. The van der Waals surface area contributed by atoms with Crippen LogP contribution in [0.1, 0.15) is 35.2 Å². The third-order valence-corrected chi connectivity index (χ3v) is 6.33. The number of aromatic nitrogens is 5. The van der Waals surface area contributed by atoms with Crippen molar-refractivity contribution in [2.75, 3.05) is 10.6 Å². The highest BCUT2D eigenvalue weighted by atomic mass is 16.5. The summed E-state index contributed by atoms with van der Waals surface area (Å²) in [5.74, 6) is 0.00100. The van der Waals surface area contributed by atoms with Gasteiger partial charge in [0.2, 0.25) is 5.95 Å². The van der Waals surface area contributed by atoms with Gasteiger partial charge in [0.15, 0.2) is 0 Å². The summed E-state index contributed by atoms with van der Waals surface area (Å²) in [7, 11) is 0. The second kappa shape index (κ2) is 11.1. The molecule has 3 atom stereocenters. The first-order valence-electron chi connectivity index (χ1n) is 12.1. The average Bonchev–Trinajstić information content (AvgIpc) is 3.45. The van der Waals surface area contributed by atoms with Crippen LogP contribution in [0, 0.1) is 0 Å². The van der Waals surface area contributed by atoms with Gasteiger partial charge in [-0.1, -0.05) is 36.4 Å². The van der Waals surface area contributed by atoms with Crippen LogP contribution in [-0.4, -0.2) is 49.1 Å². The number of ether oxygens (including phenoxy) is 1. The van der Waals surface area contributed by atoms with E-state index < -0.39 is 5.91 Å². The summed E-state index contributed by atoms with van der Waals surface area (Å²) < 4.78 is 6.15. The summed E-state index contributed by atoms with van der Waals surface area (Å²) in [5.41, 5.74) is 14.9. The van der Waals surface area contributed by atoms with Crippen molar-refractivity contribution in [3.8, 4) is 5.69 Å². The number of carbonyl (C=O) groups is 1. The van der Waals surface area contributed by atoms with Gasteiger partial charge < -0.3 is 26.8 Å². The van der Waals surface area contributed by atoms with Gasteiger partial charge in [-0.05, 0) is 43.0 Å². The summed E-state index contributed by atoms with van der Waals surface area (Å²) in [6, 6.07) is 17.1. The zero-order chi connectivity index (χ0) is 25.6. The molecule has 4 aromatic rings. The van der Waals surface area contributed by atoms with Crippen LogP contribution >= 0.6 is 0 Å². The number of anilines is 3. The number of rotatable bonds is 9. The van der Waals surface area contributed by atoms with Gasteiger partial charge in [0.05, 0.1) is 36.8 Å². The van der Waals surface area contributed by atoms with Gasteiger partial charge in [0.25, 0.3) is 5.91 Å². The maximum absolute atomic E-state index is 12.1. The first-order chi connectivity index (χ1) is 18.1.